The third-order valence-electron chi connectivity index (χ3n) is 7.87. The van der Waals surface area contributed by atoms with Gasteiger partial charge in [-0.15, -0.1) is 0 Å². The van der Waals surface area contributed by atoms with Crippen molar-refractivity contribution in [3.8, 4) is 34.5 Å². The summed E-state index contributed by atoms with van der Waals surface area (Å²) in [6.45, 7) is 2.82. The normalized spacial score (nSPS) is 37.2. The monoisotopic (exact) mass is 626 g/mol. The Morgan fingerprint density at radius 1 is 0.705 bits per heavy atom. The summed E-state index contributed by atoms with van der Waals surface area (Å²) in [5, 5.41) is 93.8. The number of hydrogen-bond acceptors (Lipinski definition) is 16. The minimum Gasteiger partial charge on any atom is -0.508 e. The number of benzene rings is 2. The highest BCUT2D eigenvalue weighted by atomic mass is 16.7. The molecule has 16 heteroatoms. The molecule has 16 nitrogen and oxygen atoms in total. The molecule has 0 unspecified atom stereocenters. The number of fused-ring (bicyclic) bond motifs is 1. The summed E-state index contributed by atoms with van der Waals surface area (Å²) in [5.74, 6) is -3.53. The predicted octanol–water partition coefficient (Wildman–Crippen LogP) is -1.10. The minimum absolute atomic E-state index is 0.0147. The number of rotatable bonds is 6. The van der Waals surface area contributed by atoms with Crippen molar-refractivity contribution in [3.63, 3.8) is 0 Å². The molecule has 3 aliphatic heterocycles. The van der Waals surface area contributed by atoms with Crippen molar-refractivity contribution in [2.45, 2.75) is 87.5 Å². The average Bonchev–Trinajstić information content (AvgIpc) is 2.95. The molecule has 44 heavy (non-hydrogen) atoms. The van der Waals surface area contributed by atoms with E-state index < -0.39 is 102 Å². The van der Waals surface area contributed by atoms with Crippen molar-refractivity contribution in [2.24, 2.45) is 0 Å². The van der Waals surface area contributed by atoms with Crippen LogP contribution in [-0.4, -0.2) is 126 Å². The molecule has 2 aromatic carbocycles. The molecule has 0 bridgehead atoms. The lowest BCUT2D eigenvalue weighted by Gasteiger charge is -2.46. The fraction of sp³-hybridized carbons (Fsp3) is 0.536. The summed E-state index contributed by atoms with van der Waals surface area (Å²) in [5.41, 5.74) is -0.392. The number of ether oxygens (including phenoxy) is 6. The van der Waals surface area contributed by atoms with Gasteiger partial charge in [0.25, 0.3) is 0 Å². The number of hydrogen-bond donors (Lipinski definition) is 9. The van der Waals surface area contributed by atoms with Gasteiger partial charge in [-0.25, -0.2) is 0 Å². The Bertz CT molecular complexity index is 1360. The zero-order valence-electron chi connectivity index (χ0n) is 23.6. The third-order valence-corrected chi connectivity index (χ3v) is 7.87. The highest BCUT2D eigenvalue weighted by Gasteiger charge is 2.52. The molecule has 5 rings (SSSR count). The lowest BCUT2D eigenvalue weighted by atomic mass is 9.91. The molecule has 0 aromatic heterocycles. The summed E-state index contributed by atoms with van der Waals surface area (Å²) in [4.78, 5) is 13.8. The first-order chi connectivity index (χ1) is 20.7. The van der Waals surface area contributed by atoms with Crippen LogP contribution in [0.4, 0.5) is 0 Å². The smallest absolute Gasteiger partial charge is 0.203 e. The number of Topliss-reactive ketones (excluding diaryl/α,β-unsaturated/α-hetero) is 1. The Kier molecular flexibility index (Phi) is 8.83. The Balaban J connectivity index is 1.48. The Hall–Kier alpha value is -3.45. The van der Waals surface area contributed by atoms with E-state index in [4.69, 9.17) is 28.4 Å². The minimum atomic E-state index is -1.86. The molecule has 9 N–H and O–H groups in total. The van der Waals surface area contributed by atoms with Crippen LogP contribution in [0.5, 0.6) is 34.5 Å². The van der Waals surface area contributed by atoms with Crippen molar-refractivity contribution >= 4 is 5.78 Å². The van der Waals surface area contributed by atoms with Gasteiger partial charge in [-0.2, -0.15) is 0 Å². The van der Waals surface area contributed by atoms with Gasteiger partial charge in [-0.1, -0.05) is 0 Å². The highest BCUT2D eigenvalue weighted by Crippen LogP contribution is 2.46. The van der Waals surface area contributed by atoms with Gasteiger partial charge in [0.1, 0.15) is 59.4 Å². The number of phenolic OH excluding ortho intramolecular Hbond substituents is 4. The maximum Gasteiger partial charge on any atom is 0.203 e. The fourth-order valence-electron chi connectivity index (χ4n) is 5.47. The summed E-state index contributed by atoms with van der Waals surface area (Å²) in [6.07, 6.45) is -18.5. The molecule has 0 aliphatic carbocycles. The number of ketones is 1. The van der Waals surface area contributed by atoms with Crippen LogP contribution >= 0.6 is 0 Å². The number of carbonyl (C=O) groups is 1. The van der Waals surface area contributed by atoms with E-state index >= 15 is 0 Å². The van der Waals surface area contributed by atoms with Crippen LogP contribution in [0.3, 0.4) is 0 Å². The van der Waals surface area contributed by atoms with E-state index in [1.807, 2.05) is 0 Å². The molecule has 242 valence electrons. The molecule has 12 atom stereocenters. The van der Waals surface area contributed by atoms with Crippen molar-refractivity contribution < 1.29 is 79.2 Å². The van der Waals surface area contributed by atoms with E-state index in [2.05, 4.69) is 0 Å². The molecule has 0 amide bonds. The fourth-order valence-corrected chi connectivity index (χ4v) is 5.47. The van der Waals surface area contributed by atoms with Crippen molar-refractivity contribution in [1.82, 2.24) is 0 Å². The summed E-state index contributed by atoms with van der Waals surface area (Å²) in [7, 11) is 1.21. The Labute approximate surface area is 249 Å². The van der Waals surface area contributed by atoms with Crippen LogP contribution in [-0.2, 0) is 18.9 Å². The van der Waals surface area contributed by atoms with Crippen LogP contribution < -0.4 is 9.47 Å². The van der Waals surface area contributed by atoms with Gasteiger partial charge in [-0.3, -0.25) is 4.79 Å². The van der Waals surface area contributed by atoms with E-state index in [9.17, 15) is 50.8 Å². The molecule has 0 radical (unpaired) electrons. The number of aliphatic hydroxyl groups excluding tert-OH is 5. The van der Waals surface area contributed by atoms with Crippen LogP contribution in [0.2, 0.25) is 0 Å². The quantitative estimate of drug-likeness (QED) is 0.184. The first-order valence-corrected chi connectivity index (χ1v) is 13.6. The third kappa shape index (κ3) is 5.60. The lowest BCUT2D eigenvalue weighted by molar-refractivity contribution is -0.357. The Morgan fingerprint density at radius 3 is 1.91 bits per heavy atom. The maximum absolute atomic E-state index is 13.8. The van der Waals surface area contributed by atoms with Crippen molar-refractivity contribution in [1.29, 1.82) is 0 Å². The predicted molar refractivity (Wildman–Crippen MR) is 142 cm³/mol. The van der Waals surface area contributed by atoms with Crippen molar-refractivity contribution in [3.05, 3.63) is 35.4 Å². The average molecular weight is 627 g/mol. The van der Waals surface area contributed by atoms with Crippen LogP contribution in [0.1, 0.15) is 35.9 Å². The maximum atomic E-state index is 13.8. The molecule has 3 heterocycles. The zero-order valence-corrected chi connectivity index (χ0v) is 23.6. The number of methoxy groups -OCH3 is 1. The SMILES string of the molecule is COc1c(O)cc([C@H]2Oc3cc(O)cc(O)c3C(=O)[C@@H]2O[C@@H]2O[C@@H](C)[C@@H](O)[C@H](O[C@H]3O[C@H](C)[C@H](O)[C@@H](O)[C@H]3O)[C@@H]2O)cc1O. The number of aliphatic hydroxyl groups is 5. The second-order valence-corrected chi connectivity index (χ2v) is 10.9. The first-order valence-electron chi connectivity index (χ1n) is 13.6. The summed E-state index contributed by atoms with van der Waals surface area (Å²) in [6, 6.07) is 4.22. The number of carbonyl (C=O) groups excluding carboxylic acids is 1. The molecule has 0 saturated carbocycles. The standard InChI is InChI=1S/C28H34O16/c1-8-17(33)20(36)21(37)27(40-8)43-25-18(34)9(2)41-28(22(25)38)44-26-19(35)16-12(30)6-11(29)7-15(16)42-23(26)10-4-13(31)24(39-3)14(32)5-10/h4-9,17-18,20-23,25-34,36-38H,1-3H3/t8-,9+,17+,18-,20-,21-,22+,23-,25+,26+,27-,28+/m1/s1. The first kappa shape index (κ1) is 32.0. The second kappa shape index (κ2) is 12.2. The van der Waals surface area contributed by atoms with Gasteiger partial charge < -0.3 is 74.4 Å². The van der Waals surface area contributed by atoms with Crippen LogP contribution in [0.25, 0.3) is 0 Å². The van der Waals surface area contributed by atoms with Gasteiger partial charge >= 0.3 is 0 Å². The van der Waals surface area contributed by atoms with Crippen LogP contribution in [0.15, 0.2) is 24.3 Å². The van der Waals surface area contributed by atoms with E-state index in [-0.39, 0.29) is 22.6 Å². The van der Waals surface area contributed by atoms with Crippen molar-refractivity contribution in [2.75, 3.05) is 7.11 Å². The van der Waals surface area contributed by atoms with Gasteiger partial charge in [0.15, 0.2) is 36.3 Å². The highest BCUT2D eigenvalue weighted by molar-refractivity contribution is 6.05. The number of aromatic hydroxyl groups is 4. The lowest BCUT2D eigenvalue weighted by Crippen LogP contribution is -2.64. The Morgan fingerprint density at radius 2 is 1.30 bits per heavy atom. The van der Waals surface area contributed by atoms with Gasteiger partial charge in [-0.05, 0) is 26.0 Å². The second-order valence-electron chi connectivity index (χ2n) is 10.9. The zero-order chi connectivity index (χ0) is 32.2. The van der Waals surface area contributed by atoms with E-state index in [1.54, 1.807) is 0 Å². The summed E-state index contributed by atoms with van der Waals surface area (Å²) >= 11 is 0. The molecule has 0 spiro atoms. The molecule has 3 aliphatic rings. The van der Waals surface area contributed by atoms with Crippen LogP contribution in [0, 0.1) is 0 Å². The largest absolute Gasteiger partial charge is 0.508 e. The van der Waals surface area contributed by atoms with Gasteiger partial charge in [0.05, 0.1) is 19.3 Å². The van der Waals surface area contributed by atoms with E-state index in [1.165, 1.54) is 21.0 Å². The molecule has 2 aromatic rings. The van der Waals surface area contributed by atoms with E-state index in [0.717, 1.165) is 24.3 Å². The molecular weight excluding hydrogens is 592 g/mol. The molecular formula is C28H34O16. The van der Waals surface area contributed by atoms with E-state index in [0.29, 0.717) is 0 Å². The number of phenols is 4. The topological polar surface area (TPSA) is 255 Å². The molecule has 2 fully saturated rings. The summed E-state index contributed by atoms with van der Waals surface area (Å²) < 4.78 is 33.5. The molecule has 2 saturated heterocycles. The van der Waals surface area contributed by atoms with Gasteiger partial charge in [0.2, 0.25) is 11.5 Å². The van der Waals surface area contributed by atoms with Gasteiger partial charge in [0, 0.05) is 17.7 Å².